The van der Waals surface area contributed by atoms with E-state index in [1.807, 2.05) is 12.1 Å². The van der Waals surface area contributed by atoms with Crippen molar-refractivity contribution < 1.29 is 22.6 Å². The first kappa shape index (κ1) is 14.7. The van der Waals surface area contributed by atoms with Gasteiger partial charge >= 0.3 is 6.36 Å². The van der Waals surface area contributed by atoms with E-state index in [1.54, 1.807) is 25.3 Å². The van der Waals surface area contributed by atoms with Gasteiger partial charge in [-0.3, -0.25) is 0 Å². The number of hydrogen-bond donors (Lipinski definition) is 0. The van der Waals surface area contributed by atoms with Crippen LogP contribution in [-0.2, 0) is 0 Å². The average Bonchev–Trinajstić information content (AvgIpc) is 2.38. The molecule has 0 aliphatic rings. The van der Waals surface area contributed by atoms with Crippen LogP contribution in [0.5, 0.6) is 11.5 Å². The molecule has 20 heavy (non-hydrogen) atoms. The second kappa shape index (κ2) is 5.75. The summed E-state index contributed by atoms with van der Waals surface area (Å²) >= 11 is 3.34. The van der Waals surface area contributed by atoms with Crippen LogP contribution >= 0.6 is 15.9 Å². The van der Waals surface area contributed by atoms with Gasteiger partial charge in [-0.2, -0.15) is 0 Å². The molecule has 0 heterocycles. The highest BCUT2D eigenvalue weighted by Crippen LogP contribution is 2.32. The fourth-order valence-electron chi connectivity index (χ4n) is 1.69. The van der Waals surface area contributed by atoms with Crippen LogP contribution in [0.15, 0.2) is 46.9 Å². The Labute approximate surface area is 122 Å². The minimum Gasteiger partial charge on any atom is -0.496 e. The van der Waals surface area contributed by atoms with Gasteiger partial charge in [-0.25, -0.2) is 0 Å². The van der Waals surface area contributed by atoms with E-state index in [0.29, 0.717) is 5.75 Å². The van der Waals surface area contributed by atoms with E-state index < -0.39 is 6.36 Å². The molecule has 0 radical (unpaired) electrons. The van der Waals surface area contributed by atoms with Crippen molar-refractivity contribution >= 4 is 15.9 Å². The number of methoxy groups -OCH3 is 1. The van der Waals surface area contributed by atoms with Crippen molar-refractivity contribution in [3.8, 4) is 22.6 Å². The molecule has 0 saturated heterocycles. The molecule has 6 heteroatoms. The summed E-state index contributed by atoms with van der Waals surface area (Å²) in [5.41, 5.74) is 1.61. The van der Waals surface area contributed by atoms with Gasteiger partial charge in [-0.15, -0.1) is 13.2 Å². The van der Waals surface area contributed by atoms with Gasteiger partial charge in [0.25, 0.3) is 0 Å². The van der Waals surface area contributed by atoms with Crippen LogP contribution < -0.4 is 9.47 Å². The van der Waals surface area contributed by atoms with Gasteiger partial charge in [-0.05, 0) is 51.3 Å². The van der Waals surface area contributed by atoms with Gasteiger partial charge in [-0.1, -0.05) is 18.2 Å². The Bertz CT molecular complexity index is 594. The Hall–Kier alpha value is -1.69. The molecule has 0 amide bonds. The molecule has 2 aromatic carbocycles. The quantitative estimate of drug-likeness (QED) is 0.776. The lowest BCUT2D eigenvalue weighted by atomic mass is 10.1. The van der Waals surface area contributed by atoms with Crippen molar-refractivity contribution in [3.05, 3.63) is 46.9 Å². The van der Waals surface area contributed by atoms with Crippen LogP contribution in [0.4, 0.5) is 13.2 Å². The van der Waals surface area contributed by atoms with Crippen LogP contribution in [0.3, 0.4) is 0 Å². The second-order valence-corrected chi connectivity index (χ2v) is 4.78. The van der Waals surface area contributed by atoms with Gasteiger partial charge in [0.05, 0.1) is 11.6 Å². The highest BCUT2D eigenvalue weighted by Gasteiger charge is 2.30. The van der Waals surface area contributed by atoms with E-state index in [0.717, 1.165) is 15.6 Å². The third-order valence-electron chi connectivity index (χ3n) is 2.57. The third-order valence-corrected chi connectivity index (χ3v) is 3.23. The number of alkyl halides is 3. The molecule has 106 valence electrons. The number of ether oxygens (including phenoxy) is 2. The van der Waals surface area contributed by atoms with Crippen molar-refractivity contribution in [2.24, 2.45) is 0 Å². The SMILES string of the molecule is COc1cc(-c2ccc(OC(F)(F)F)cc2)ccc1Br. The fraction of sp³-hybridized carbons (Fsp3) is 0.143. The molecular formula is C14H10BrF3O2. The average molecular weight is 347 g/mol. The van der Waals surface area contributed by atoms with Crippen LogP contribution in [0.25, 0.3) is 11.1 Å². The Kier molecular flexibility index (Phi) is 4.23. The standard InChI is InChI=1S/C14H10BrF3O2/c1-19-13-8-10(4-7-12(13)15)9-2-5-11(6-3-9)20-14(16,17)18/h2-8H,1H3. The van der Waals surface area contributed by atoms with E-state index in [1.165, 1.54) is 12.1 Å². The van der Waals surface area contributed by atoms with Crippen LogP contribution in [-0.4, -0.2) is 13.5 Å². The maximum Gasteiger partial charge on any atom is 0.573 e. The van der Waals surface area contributed by atoms with Crippen molar-refractivity contribution in [2.45, 2.75) is 6.36 Å². The van der Waals surface area contributed by atoms with Crippen LogP contribution in [0, 0.1) is 0 Å². The van der Waals surface area contributed by atoms with Gasteiger partial charge < -0.3 is 9.47 Å². The van der Waals surface area contributed by atoms with Gasteiger partial charge in [0.2, 0.25) is 0 Å². The van der Waals surface area contributed by atoms with Gasteiger partial charge in [0, 0.05) is 0 Å². The lowest BCUT2D eigenvalue weighted by molar-refractivity contribution is -0.274. The molecule has 0 aliphatic heterocycles. The predicted molar refractivity (Wildman–Crippen MR) is 72.8 cm³/mol. The van der Waals surface area contributed by atoms with Crippen LogP contribution in [0.2, 0.25) is 0 Å². The lowest BCUT2D eigenvalue weighted by Crippen LogP contribution is -2.16. The Morgan fingerprint density at radius 1 is 0.950 bits per heavy atom. The fourth-order valence-corrected chi connectivity index (χ4v) is 2.10. The highest BCUT2D eigenvalue weighted by molar-refractivity contribution is 9.10. The molecule has 0 aromatic heterocycles. The number of benzene rings is 2. The summed E-state index contributed by atoms with van der Waals surface area (Å²) in [6.45, 7) is 0. The van der Waals surface area contributed by atoms with Crippen molar-refractivity contribution in [2.75, 3.05) is 7.11 Å². The molecule has 2 aromatic rings. The van der Waals surface area contributed by atoms with Crippen molar-refractivity contribution in [3.63, 3.8) is 0 Å². The first-order chi connectivity index (χ1) is 9.39. The summed E-state index contributed by atoms with van der Waals surface area (Å²) in [5, 5.41) is 0. The number of hydrogen-bond acceptors (Lipinski definition) is 2. The first-order valence-corrected chi connectivity index (χ1v) is 6.38. The smallest absolute Gasteiger partial charge is 0.496 e. The number of halogens is 4. The molecule has 0 N–H and O–H groups in total. The molecule has 0 aliphatic carbocycles. The zero-order valence-electron chi connectivity index (χ0n) is 10.4. The predicted octanol–water partition coefficient (Wildman–Crippen LogP) is 5.02. The molecule has 0 bridgehead atoms. The minimum atomic E-state index is -4.68. The molecular weight excluding hydrogens is 337 g/mol. The van der Waals surface area contributed by atoms with E-state index >= 15 is 0 Å². The summed E-state index contributed by atoms with van der Waals surface area (Å²) in [6.07, 6.45) is -4.68. The summed E-state index contributed by atoms with van der Waals surface area (Å²) in [6, 6.07) is 11.1. The second-order valence-electron chi connectivity index (χ2n) is 3.92. The normalized spacial score (nSPS) is 11.2. The Morgan fingerprint density at radius 3 is 2.10 bits per heavy atom. The molecule has 0 unspecified atom stereocenters. The third kappa shape index (κ3) is 3.66. The monoisotopic (exact) mass is 346 g/mol. The topological polar surface area (TPSA) is 18.5 Å². The summed E-state index contributed by atoms with van der Waals surface area (Å²) < 4.78 is 46.0. The van der Waals surface area contributed by atoms with E-state index in [4.69, 9.17) is 4.74 Å². The molecule has 0 saturated carbocycles. The summed E-state index contributed by atoms with van der Waals surface area (Å²) in [4.78, 5) is 0. The molecule has 0 fully saturated rings. The highest BCUT2D eigenvalue weighted by atomic mass is 79.9. The van der Waals surface area contributed by atoms with E-state index in [9.17, 15) is 13.2 Å². The van der Waals surface area contributed by atoms with E-state index in [-0.39, 0.29) is 5.75 Å². The van der Waals surface area contributed by atoms with Gasteiger partial charge in [0.1, 0.15) is 11.5 Å². The molecule has 0 spiro atoms. The summed E-state index contributed by atoms with van der Waals surface area (Å²) in [5.74, 6) is 0.406. The molecule has 2 rings (SSSR count). The zero-order chi connectivity index (χ0) is 14.8. The van der Waals surface area contributed by atoms with Crippen LogP contribution in [0.1, 0.15) is 0 Å². The van der Waals surface area contributed by atoms with Crippen molar-refractivity contribution in [1.29, 1.82) is 0 Å². The molecule has 2 nitrogen and oxygen atoms in total. The molecule has 0 atom stereocenters. The first-order valence-electron chi connectivity index (χ1n) is 5.59. The lowest BCUT2D eigenvalue weighted by Gasteiger charge is -2.10. The maximum absolute atomic E-state index is 12.1. The largest absolute Gasteiger partial charge is 0.573 e. The summed E-state index contributed by atoms with van der Waals surface area (Å²) in [7, 11) is 1.55. The Balaban J connectivity index is 2.26. The van der Waals surface area contributed by atoms with Gasteiger partial charge in [0.15, 0.2) is 0 Å². The van der Waals surface area contributed by atoms with Crippen molar-refractivity contribution in [1.82, 2.24) is 0 Å². The number of rotatable bonds is 3. The minimum absolute atomic E-state index is 0.245. The maximum atomic E-state index is 12.1. The zero-order valence-corrected chi connectivity index (χ0v) is 12.0. The van der Waals surface area contributed by atoms with E-state index in [2.05, 4.69) is 20.7 Å². The Morgan fingerprint density at radius 2 is 1.55 bits per heavy atom.